The van der Waals surface area contributed by atoms with Crippen molar-refractivity contribution in [3.63, 3.8) is 0 Å². The van der Waals surface area contributed by atoms with Crippen LogP contribution in [0.4, 0.5) is 10.2 Å². The Balaban J connectivity index is 1.57. The van der Waals surface area contributed by atoms with E-state index in [1.54, 1.807) is 24.7 Å². The van der Waals surface area contributed by atoms with Crippen LogP contribution in [0.15, 0.2) is 36.8 Å². The van der Waals surface area contributed by atoms with Gasteiger partial charge in [0.1, 0.15) is 12.1 Å². The Morgan fingerprint density at radius 3 is 2.64 bits per heavy atom. The average molecular weight is 302 g/mol. The van der Waals surface area contributed by atoms with E-state index < -0.39 is 0 Å². The molecule has 1 aliphatic rings. The number of ether oxygens (including phenoxy) is 1. The predicted octanol–water partition coefficient (Wildman–Crippen LogP) is 1.95. The van der Waals surface area contributed by atoms with Crippen molar-refractivity contribution in [3.8, 4) is 5.75 Å². The maximum Gasteiger partial charge on any atom is 0.165 e. The van der Waals surface area contributed by atoms with Crippen LogP contribution in [0.5, 0.6) is 5.75 Å². The maximum atomic E-state index is 13.7. The Hall–Kier alpha value is -2.21. The molecule has 22 heavy (non-hydrogen) atoms. The normalized spacial score (nSPS) is 15.8. The molecule has 5 nitrogen and oxygen atoms in total. The molecule has 0 radical (unpaired) electrons. The quantitative estimate of drug-likeness (QED) is 0.863. The highest BCUT2D eigenvalue weighted by Gasteiger charge is 2.18. The van der Waals surface area contributed by atoms with Crippen LogP contribution in [0.3, 0.4) is 0 Å². The minimum atomic E-state index is -0.306. The van der Waals surface area contributed by atoms with Crippen molar-refractivity contribution in [1.82, 2.24) is 14.9 Å². The first-order valence-electron chi connectivity index (χ1n) is 7.32. The van der Waals surface area contributed by atoms with Gasteiger partial charge in [0.25, 0.3) is 0 Å². The van der Waals surface area contributed by atoms with E-state index in [2.05, 4.69) is 19.8 Å². The van der Waals surface area contributed by atoms with Gasteiger partial charge in [-0.2, -0.15) is 0 Å². The van der Waals surface area contributed by atoms with Crippen LogP contribution in [-0.2, 0) is 6.54 Å². The van der Waals surface area contributed by atoms with Crippen molar-refractivity contribution >= 4 is 5.82 Å². The monoisotopic (exact) mass is 302 g/mol. The number of nitrogens with zero attached hydrogens (tertiary/aromatic N) is 4. The summed E-state index contributed by atoms with van der Waals surface area (Å²) >= 11 is 0. The molecule has 0 N–H and O–H groups in total. The summed E-state index contributed by atoms with van der Waals surface area (Å²) in [6.45, 7) is 4.43. The zero-order valence-corrected chi connectivity index (χ0v) is 12.6. The van der Waals surface area contributed by atoms with E-state index in [1.165, 1.54) is 7.11 Å². The predicted molar refractivity (Wildman–Crippen MR) is 82.5 cm³/mol. The third kappa shape index (κ3) is 3.33. The minimum absolute atomic E-state index is 0.289. The Morgan fingerprint density at radius 2 is 2.00 bits per heavy atom. The van der Waals surface area contributed by atoms with Gasteiger partial charge >= 0.3 is 0 Å². The van der Waals surface area contributed by atoms with E-state index in [0.717, 1.165) is 44.1 Å². The molecule has 0 unspecified atom stereocenters. The van der Waals surface area contributed by atoms with Crippen LogP contribution in [-0.4, -0.2) is 48.2 Å². The van der Waals surface area contributed by atoms with Crippen LogP contribution >= 0.6 is 0 Å². The van der Waals surface area contributed by atoms with Crippen molar-refractivity contribution in [3.05, 3.63) is 48.2 Å². The van der Waals surface area contributed by atoms with Gasteiger partial charge < -0.3 is 9.64 Å². The highest BCUT2D eigenvalue weighted by atomic mass is 19.1. The first-order valence-corrected chi connectivity index (χ1v) is 7.32. The first-order chi connectivity index (χ1) is 10.8. The zero-order chi connectivity index (χ0) is 15.4. The van der Waals surface area contributed by atoms with Crippen molar-refractivity contribution < 1.29 is 9.13 Å². The van der Waals surface area contributed by atoms with Crippen molar-refractivity contribution in [2.24, 2.45) is 0 Å². The van der Waals surface area contributed by atoms with E-state index in [0.29, 0.717) is 0 Å². The van der Waals surface area contributed by atoms with E-state index in [4.69, 9.17) is 4.74 Å². The highest BCUT2D eigenvalue weighted by Crippen LogP contribution is 2.19. The Labute approximate surface area is 129 Å². The van der Waals surface area contributed by atoms with Gasteiger partial charge in [0.2, 0.25) is 0 Å². The summed E-state index contributed by atoms with van der Waals surface area (Å²) in [5.74, 6) is 0.946. The molecule has 1 saturated heterocycles. The summed E-state index contributed by atoms with van der Waals surface area (Å²) in [5, 5.41) is 0. The average Bonchev–Trinajstić information content (AvgIpc) is 2.57. The molecule has 6 heteroatoms. The molecule has 0 spiro atoms. The first kappa shape index (κ1) is 14.7. The largest absolute Gasteiger partial charge is 0.494 e. The van der Waals surface area contributed by atoms with Gasteiger partial charge in [0, 0.05) is 38.9 Å². The molecule has 0 bridgehead atoms. The summed E-state index contributed by atoms with van der Waals surface area (Å²) in [4.78, 5) is 12.8. The molecule has 1 fully saturated rings. The number of piperazine rings is 1. The molecule has 0 saturated carbocycles. The number of methoxy groups -OCH3 is 1. The fraction of sp³-hybridized carbons (Fsp3) is 0.375. The molecule has 3 rings (SSSR count). The Kier molecular flexibility index (Phi) is 4.48. The third-order valence-electron chi connectivity index (χ3n) is 3.89. The summed E-state index contributed by atoms with van der Waals surface area (Å²) < 4.78 is 18.7. The summed E-state index contributed by atoms with van der Waals surface area (Å²) in [6, 6.07) is 7.07. The van der Waals surface area contributed by atoms with E-state index in [1.807, 2.05) is 12.1 Å². The Morgan fingerprint density at radius 1 is 1.18 bits per heavy atom. The molecular weight excluding hydrogens is 283 g/mol. The lowest BCUT2D eigenvalue weighted by atomic mass is 10.2. The van der Waals surface area contributed by atoms with Crippen LogP contribution in [0.2, 0.25) is 0 Å². The fourth-order valence-electron chi connectivity index (χ4n) is 2.67. The number of hydrogen-bond acceptors (Lipinski definition) is 5. The second kappa shape index (κ2) is 6.70. The van der Waals surface area contributed by atoms with Crippen LogP contribution < -0.4 is 9.64 Å². The standard InChI is InChI=1S/C16H19FN4O/c1-22-15-3-2-13(10-14(15)17)11-20-6-8-21(9-7-20)16-4-5-18-12-19-16/h2-5,10,12H,6-9,11H2,1H3. The third-order valence-corrected chi connectivity index (χ3v) is 3.89. The minimum Gasteiger partial charge on any atom is -0.494 e. The van der Waals surface area contributed by atoms with Gasteiger partial charge in [0.15, 0.2) is 11.6 Å². The van der Waals surface area contributed by atoms with Gasteiger partial charge in [-0.15, -0.1) is 0 Å². The number of rotatable bonds is 4. The molecule has 2 aromatic rings. The summed E-state index contributed by atoms with van der Waals surface area (Å²) in [5.41, 5.74) is 0.966. The molecule has 0 aliphatic carbocycles. The maximum absolute atomic E-state index is 13.7. The molecular formula is C16H19FN4O. The summed E-state index contributed by atoms with van der Waals surface area (Å²) in [7, 11) is 1.48. The summed E-state index contributed by atoms with van der Waals surface area (Å²) in [6.07, 6.45) is 3.33. The van der Waals surface area contributed by atoms with Crippen molar-refractivity contribution in [2.45, 2.75) is 6.54 Å². The van der Waals surface area contributed by atoms with Gasteiger partial charge in [0.05, 0.1) is 7.11 Å². The van der Waals surface area contributed by atoms with E-state index in [-0.39, 0.29) is 11.6 Å². The highest BCUT2D eigenvalue weighted by molar-refractivity contribution is 5.37. The smallest absolute Gasteiger partial charge is 0.165 e. The molecule has 116 valence electrons. The number of aromatic nitrogens is 2. The second-order valence-corrected chi connectivity index (χ2v) is 5.30. The number of hydrogen-bond donors (Lipinski definition) is 0. The number of halogens is 1. The molecule has 1 aliphatic heterocycles. The molecule has 1 aromatic carbocycles. The van der Waals surface area contributed by atoms with Gasteiger partial charge in [-0.05, 0) is 23.8 Å². The lowest BCUT2D eigenvalue weighted by Gasteiger charge is -2.35. The fourth-order valence-corrected chi connectivity index (χ4v) is 2.67. The van der Waals surface area contributed by atoms with Crippen LogP contribution in [0.25, 0.3) is 0 Å². The lowest BCUT2D eigenvalue weighted by molar-refractivity contribution is 0.249. The number of anilines is 1. The molecule has 1 aromatic heterocycles. The lowest BCUT2D eigenvalue weighted by Crippen LogP contribution is -2.46. The zero-order valence-electron chi connectivity index (χ0n) is 12.6. The molecule has 0 amide bonds. The van der Waals surface area contributed by atoms with Crippen LogP contribution in [0.1, 0.15) is 5.56 Å². The molecule has 2 heterocycles. The van der Waals surface area contributed by atoms with E-state index in [9.17, 15) is 4.39 Å². The second-order valence-electron chi connectivity index (χ2n) is 5.30. The molecule has 0 atom stereocenters. The van der Waals surface area contributed by atoms with Crippen LogP contribution in [0, 0.1) is 5.82 Å². The van der Waals surface area contributed by atoms with Crippen molar-refractivity contribution in [1.29, 1.82) is 0 Å². The van der Waals surface area contributed by atoms with Gasteiger partial charge in [-0.3, -0.25) is 4.90 Å². The van der Waals surface area contributed by atoms with Gasteiger partial charge in [-0.25, -0.2) is 14.4 Å². The SMILES string of the molecule is COc1ccc(CN2CCN(c3ccncn3)CC2)cc1F. The topological polar surface area (TPSA) is 41.5 Å². The Bertz CT molecular complexity index is 615. The van der Waals surface area contributed by atoms with Crippen molar-refractivity contribution in [2.75, 3.05) is 38.2 Å². The van der Waals surface area contributed by atoms with E-state index >= 15 is 0 Å². The number of benzene rings is 1. The van der Waals surface area contributed by atoms with Gasteiger partial charge in [-0.1, -0.05) is 6.07 Å².